The molecule has 20 heavy (non-hydrogen) atoms. The molecular weight excluding hydrogens is 252 g/mol. The maximum Gasteiger partial charge on any atom is 0.237 e. The van der Waals surface area contributed by atoms with Gasteiger partial charge in [0.15, 0.2) is 0 Å². The molecule has 1 amide bonds. The molecule has 0 aromatic carbocycles. The molecule has 2 fully saturated rings. The molecule has 0 aromatic rings. The molecule has 0 spiro atoms. The molecule has 2 atom stereocenters. The topological polar surface area (TPSA) is 61.6 Å². The molecule has 1 aliphatic heterocycles. The van der Waals surface area contributed by atoms with Crippen LogP contribution in [0.15, 0.2) is 0 Å². The van der Waals surface area contributed by atoms with E-state index in [0.29, 0.717) is 6.04 Å². The van der Waals surface area contributed by atoms with Gasteiger partial charge in [-0.15, -0.1) is 0 Å². The Morgan fingerprint density at radius 1 is 1.45 bits per heavy atom. The fraction of sp³-hybridized carbons (Fsp3) is 0.933. The summed E-state index contributed by atoms with van der Waals surface area (Å²) in [5, 5.41) is 3.33. The number of nitrogens with one attached hydrogen (secondary N) is 1. The van der Waals surface area contributed by atoms with Gasteiger partial charge in [0.25, 0.3) is 0 Å². The molecule has 0 radical (unpaired) electrons. The van der Waals surface area contributed by atoms with E-state index < -0.39 is 5.54 Å². The normalized spacial score (nSPS) is 31.2. The standard InChI is InChI=1S/C15H30N4O/c1-3-17-15(14(16)20)7-6-13(12-15)18(2)10-11-19-8-4-5-9-19/h13,17H,3-12H2,1-2H3,(H2,16,20). The van der Waals surface area contributed by atoms with E-state index in [1.807, 2.05) is 6.92 Å². The van der Waals surface area contributed by atoms with Gasteiger partial charge in [0.1, 0.15) is 0 Å². The highest BCUT2D eigenvalue weighted by molar-refractivity contribution is 5.85. The molecule has 1 saturated carbocycles. The first kappa shape index (κ1) is 15.7. The lowest BCUT2D eigenvalue weighted by Gasteiger charge is -2.30. The van der Waals surface area contributed by atoms with Crippen LogP contribution in [-0.4, -0.2) is 67.1 Å². The van der Waals surface area contributed by atoms with Crippen LogP contribution in [0.4, 0.5) is 0 Å². The molecule has 2 rings (SSSR count). The third kappa shape index (κ3) is 3.51. The maximum atomic E-state index is 11.8. The molecule has 5 nitrogen and oxygen atoms in total. The minimum atomic E-state index is -0.471. The van der Waals surface area contributed by atoms with Gasteiger partial charge in [-0.2, -0.15) is 0 Å². The largest absolute Gasteiger partial charge is 0.368 e. The number of carbonyl (C=O) groups is 1. The number of carbonyl (C=O) groups excluding carboxylic acids is 1. The predicted octanol–water partition coefficient (Wildman–Crippen LogP) is 0.400. The van der Waals surface area contributed by atoms with Crippen LogP contribution in [0.25, 0.3) is 0 Å². The van der Waals surface area contributed by atoms with Crippen LogP contribution in [0.2, 0.25) is 0 Å². The van der Waals surface area contributed by atoms with E-state index in [9.17, 15) is 4.79 Å². The molecule has 1 saturated heterocycles. The van der Waals surface area contributed by atoms with Gasteiger partial charge >= 0.3 is 0 Å². The van der Waals surface area contributed by atoms with Crippen molar-refractivity contribution >= 4 is 5.91 Å². The number of primary amides is 1. The summed E-state index contributed by atoms with van der Waals surface area (Å²) in [6, 6.07) is 0.476. The number of hydrogen-bond donors (Lipinski definition) is 2. The van der Waals surface area contributed by atoms with Crippen LogP contribution in [0, 0.1) is 0 Å². The summed E-state index contributed by atoms with van der Waals surface area (Å²) in [6.45, 7) is 7.58. The summed E-state index contributed by atoms with van der Waals surface area (Å²) >= 11 is 0. The van der Waals surface area contributed by atoms with Crippen molar-refractivity contribution in [2.75, 3.05) is 39.8 Å². The fourth-order valence-electron chi connectivity index (χ4n) is 3.69. The van der Waals surface area contributed by atoms with E-state index in [1.165, 1.54) is 25.9 Å². The Kier molecular flexibility index (Phi) is 5.41. The molecule has 2 aliphatic rings. The zero-order valence-electron chi connectivity index (χ0n) is 13.0. The average molecular weight is 282 g/mol. The number of nitrogens with zero attached hydrogens (tertiary/aromatic N) is 2. The van der Waals surface area contributed by atoms with E-state index >= 15 is 0 Å². The van der Waals surface area contributed by atoms with Gasteiger partial charge in [-0.25, -0.2) is 0 Å². The molecule has 1 aliphatic carbocycles. The van der Waals surface area contributed by atoms with Crippen molar-refractivity contribution < 1.29 is 4.79 Å². The Hall–Kier alpha value is -0.650. The zero-order valence-corrected chi connectivity index (χ0v) is 13.0. The van der Waals surface area contributed by atoms with Gasteiger partial charge in [-0.1, -0.05) is 6.92 Å². The lowest BCUT2D eigenvalue weighted by atomic mass is 9.96. The van der Waals surface area contributed by atoms with Gasteiger partial charge in [0, 0.05) is 19.1 Å². The van der Waals surface area contributed by atoms with Crippen LogP contribution >= 0.6 is 0 Å². The van der Waals surface area contributed by atoms with Gasteiger partial charge < -0.3 is 20.9 Å². The van der Waals surface area contributed by atoms with Crippen molar-refractivity contribution in [1.29, 1.82) is 0 Å². The molecule has 0 aromatic heterocycles. The number of amides is 1. The van der Waals surface area contributed by atoms with Gasteiger partial charge in [0.05, 0.1) is 5.54 Å². The van der Waals surface area contributed by atoms with Crippen molar-refractivity contribution in [2.45, 2.75) is 50.6 Å². The first-order valence-electron chi connectivity index (χ1n) is 8.05. The number of likely N-dealkylation sites (N-methyl/N-ethyl adjacent to an activating group) is 2. The van der Waals surface area contributed by atoms with Gasteiger partial charge in [-0.05, 0) is 58.8 Å². The minimum Gasteiger partial charge on any atom is -0.368 e. The summed E-state index contributed by atoms with van der Waals surface area (Å²) in [5.74, 6) is -0.185. The second kappa shape index (κ2) is 6.87. The third-order valence-corrected chi connectivity index (χ3v) is 5.07. The Bertz CT molecular complexity index is 330. The first-order chi connectivity index (χ1) is 9.57. The Labute approximate surface area is 122 Å². The van der Waals surface area contributed by atoms with Crippen molar-refractivity contribution in [3.63, 3.8) is 0 Å². The summed E-state index contributed by atoms with van der Waals surface area (Å²) in [6.07, 6.45) is 5.48. The second-order valence-electron chi connectivity index (χ2n) is 6.40. The minimum absolute atomic E-state index is 0.185. The van der Waals surface area contributed by atoms with Crippen molar-refractivity contribution in [3.05, 3.63) is 0 Å². The van der Waals surface area contributed by atoms with Gasteiger partial charge in [0.2, 0.25) is 5.91 Å². The summed E-state index contributed by atoms with van der Waals surface area (Å²) in [4.78, 5) is 16.7. The molecule has 3 N–H and O–H groups in total. The Morgan fingerprint density at radius 3 is 2.75 bits per heavy atom. The molecule has 2 unspecified atom stereocenters. The first-order valence-corrected chi connectivity index (χ1v) is 8.05. The van der Waals surface area contributed by atoms with E-state index in [2.05, 4.69) is 22.2 Å². The fourth-order valence-corrected chi connectivity index (χ4v) is 3.69. The molecule has 5 heteroatoms. The molecular formula is C15H30N4O. The average Bonchev–Trinajstić information content (AvgIpc) is 3.06. The highest BCUT2D eigenvalue weighted by Crippen LogP contribution is 2.32. The number of nitrogens with two attached hydrogens (primary N) is 1. The quantitative estimate of drug-likeness (QED) is 0.709. The Morgan fingerprint density at radius 2 is 2.15 bits per heavy atom. The second-order valence-corrected chi connectivity index (χ2v) is 6.40. The maximum absolute atomic E-state index is 11.8. The van der Waals surface area contributed by atoms with Crippen LogP contribution in [0.1, 0.15) is 39.0 Å². The van der Waals surface area contributed by atoms with Crippen molar-refractivity contribution in [2.24, 2.45) is 5.73 Å². The highest BCUT2D eigenvalue weighted by Gasteiger charge is 2.44. The number of likely N-dealkylation sites (tertiary alicyclic amines) is 1. The van der Waals surface area contributed by atoms with Crippen molar-refractivity contribution in [3.8, 4) is 0 Å². The zero-order chi connectivity index (χ0) is 14.6. The lowest BCUT2D eigenvalue weighted by molar-refractivity contribution is -0.124. The van der Waals surface area contributed by atoms with E-state index in [0.717, 1.165) is 38.9 Å². The smallest absolute Gasteiger partial charge is 0.237 e. The van der Waals surface area contributed by atoms with Crippen LogP contribution < -0.4 is 11.1 Å². The van der Waals surface area contributed by atoms with E-state index in [4.69, 9.17) is 5.73 Å². The SMILES string of the molecule is CCNC1(C(N)=O)CCC(N(C)CCN2CCCC2)C1. The number of hydrogen-bond acceptors (Lipinski definition) is 4. The molecule has 1 heterocycles. The molecule has 116 valence electrons. The highest BCUT2D eigenvalue weighted by atomic mass is 16.1. The summed E-state index contributed by atoms with van der Waals surface area (Å²) in [5.41, 5.74) is 5.16. The Balaban J connectivity index is 1.82. The summed E-state index contributed by atoms with van der Waals surface area (Å²) < 4.78 is 0. The van der Waals surface area contributed by atoms with E-state index in [1.54, 1.807) is 0 Å². The number of rotatable bonds is 7. The predicted molar refractivity (Wildman–Crippen MR) is 81.5 cm³/mol. The summed E-state index contributed by atoms with van der Waals surface area (Å²) in [7, 11) is 2.18. The van der Waals surface area contributed by atoms with E-state index in [-0.39, 0.29) is 5.91 Å². The monoisotopic (exact) mass is 282 g/mol. The van der Waals surface area contributed by atoms with Gasteiger partial charge in [-0.3, -0.25) is 4.79 Å². The lowest BCUT2D eigenvalue weighted by Crippen LogP contribution is -2.54. The van der Waals surface area contributed by atoms with Crippen molar-refractivity contribution in [1.82, 2.24) is 15.1 Å². The van der Waals surface area contributed by atoms with Crippen LogP contribution in [0.3, 0.4) is 0 Å². The third-order valence-electron chi connectivity index (χ3n) is 5.07. The van der Waals surface area contributed by atoms with Crippen LogP contribution in [0.5, 0.6) is 0 Å². The van der Waals surface area contributed by atoms with Crippen LogP contribution in [-0.2, 0) is 4.79 Å². The molecule has 0 bridgehead atoms.